The fourth-order valence-corrected chi connectivity index (χ4v) is 3.76. The number of aryl methyl sites for hydroxylation is 2. The molecule has 0 aliphatic carbocycles. The number of nitrogens with one attached hydrogen (secondary N) is 3. The summed E-state index contributed by atoms with van der Waals surface area (Å²) >= 11 is 0. The molecule has 5 aromatic rings. The number of carbonyl (C=O) groups is 1. The van der Waals surface area contributed by atoms with Crippen LogP contribution in [0, 0.1) is 12.7 Å². The van der Waals surface area contributed by atoms with Gasteiger partial charge in [-0.25, -0.2) is 4.39 Å². The van der Waals surface area contributed by atoms with E-state index in [4.69, 9.17) is 0 Å². The zero-order valence-corrected chi connectivity index (χ0v) is 19.1. The summed E-state index contributed by atoms with van der Waals surface area (Å²) in [5.41, 5.74) is 5.02. The van der Waals surface area contributed by atoms with Gasteiger partial charge in [0, 0.05) is 30.0 Å². The number of pyridine rings is 1. The summed E-state index contributed by atoms with van der Waals surface area (Å²) in [7, 11) is 1.67. The molecular formula is C27H26FN7O. The Kier molecular flexibility index (Phi) is 6.91. The maximum absolute atomic E-state index is 14.4. The largest absolute Gasteiger partial charge is 0.355 e. The molecule has 5 rings (SSSR count). The van der Waals surface area contributed by atoms with Crippen molar-refractivity contribution in [2.24, 2.45) is 7.05 Å². The van der Waals surface area contributed by atoms with Crippen molar-refractivity contribution in [3.63, 3.8) is 0 Å². The molecule has 3 heterocycles. The number of anilines is 3. The number of halogens is 1. The number of benzene rings is 2. The first-order chi connectivity index (χ1) is 17.0. The van der Waals surface area contributed by atoms with Crippen molar-refractivity contribution in [1.29, 1.82) is 0 Å². The van der Waals surface area contributed by atoms with Gasteiger partial charge in [-0.05, 0) is 73.7 Å². The summed E-state index contributed by atoms with van der Waals surface area (Å²) in [6, 6.07) is 17.6. The number of hydrogen-bond donors (Lipinski definition) is 3. The Bertz CT molecular complexity index is 1550. The molecule has 9 heteroatoms. The molecule has 0 atom stereocenters. The van der Waals surface area contributed by atoms with E-state index in [-0.39, 0.29) is 13.1 Å². The second-order valence-corrected chi connectivity index (χ2v) is 8.03. The van der Waals surface area contributed by atoms with Gasteiger partial charge >= 0.3 is 0 Å². The number of aromatic amines is 1. The van der Waals surface area contributed by atoms with Crippen molar-refractivity contribution >= 4 is 46.0 Å². The Labute approximate surface area is 207 Å². The lowest BCUT2D eigenvalue weighted by Crippen LogP contribution is -2.17. The van der Waals surface area contributed by atoms with E-state index in [0.29, 0.717) is 17.1 Å². The monoisotopic (exact) mass is 483 g/mol. The molecule has 0 bridgehead atoms. The number of H-pyrrole nitrogens is 1. The van der Waals surface area contributed by atoms with Gasteiger partial charge in [-0.3, -0.25) is 19.6 Å². The Morgan fingerprint density at radius 1 is 1.06 bits per heavy atom. The maximum Gasteiger partial charge on any atom is 0.274 e. The summed E-state index contributed by atoms with van der Waals surface area (Å²) in [4.78, 5) is 16.9. The van der Waals surface area contributed by atoms with Crippen molar-refractivity contribution in [3.05, 3.63) is 95.5 Å². The Morgan fingerprint density at radius 3 is 2.61 bits per heavy atom. The lowest BCUT2D eigenvalue weighted by molar-refractivity contribution is 0.101. The number of aromatic nitrogens is 5. The summed E-state index contributed by atoms with van der Waals surface area (Å²) in [5, 5.41) is 18.4. The fraction of sp³-hybridized carbons (Fsp3) is 0.111. The molecule has 0 saturated carbocycles. The SMILES string of the molecule is C.Cc1cc(C(=O)Nc2cc(Nc3ccc4c(/C=C/c5ccccn5)n[nH]c4c3)ccc2F)n(C)n1. The van der Waals surface area contributed by atoms with E-state index in [1.165, 1.54) is 10.7 Å². The standard InChI is InChI=1S/C26H22FN7O.CH4/c1-16-13-25(34(2)33-16)26(35)30-24-15-19(7-10-21(24)27)29-18-6-9-20-22(31-32-23(20)14-18)11-8-17-5-3-4-12-28-17;/h3-15,29H,1-2H3,(H,30,35)(H,31,32);1H4/b11-8+;. The first kappa shape index (κ1) is 24.3. The highest BCUT2D eigenvalue weighted by Gasteiger charge is 2.15. The van der Waals surface area contributed by atoms with Crippen LogP contribution in [0.1, 0.15) is 35.0 Å². The highest BCUT2D eigenvalue weighted by molar-refractivity contribution is 6.03. The molecule has 0 radical (unpaired) electrons. The molecule has 3 aromatic heterocycles. The second-order valence-electron chi connectivity index (χ2n) is 8.03. The first-order valence-electron chi connectivity index (χ1n) is 10.9. The topological polar surface area (TPSA) is 101 Å². The van der Waals surface area contributed by atoms with Crippen LogP contribution >= 0.6 is 0 Å². The Hall–Kier alpha value is -4.79. The second kappa shape index (κ2) is 10.2. The average Bonchev–Trinajstić information content (AvgIpc) is 3.42. The van der Waals surface area contributed by atoms with E-state index in [1.807, 2.05) is 48.6 Å². The molecule has 0 aliphatic rings. The van der Waals surface area contributed by atoms with E-state index in [0.717, 1.165) is 28.0 Å². The maximum atomic E-state index is 14.4. The normalized spacial score (nSPS) is 11.0. The minimum absolute atomic E-state index is 0. The van der Waals surface area contributed by atoms with Crippen LogP contribution in [0.3, 0.4) is 0 Å². The third kappa shape index (κ3) is 5.15. The van der Waals surface area contributed by atoms with E-state index in [9.17, 15) is 9.18 Å². The predicted octanol–water partition coefficient (Wildman–Crippen LogP) is 5.94. The third-order valence-electron chi connectivity index (χ3n) is 5.43. The minimum atomic E-state index is -0.531. The van der Waals surface area contributed by atoms with Crippen molar-refractivity contribution in [3.8, 4) is 0 Å². The lowest BCUT2D eigenvalue weighted by Gasteiger charge is -2.11. The van der Waals surface area contributed by atoms with Gasteiger partial charge in [0.1, 0.15) is 11.5 Å². The lowest BCUT2D eigenvalue weighted by atomic mass is 10.1. The van der Waals surface area contributed by atoms with Crippen molar-refractivity contribution in [2.45, 2.75) is 14.4 Å². The van der Waals surface area contributed by atoms with Crippen LogP contribution in [-0.2, 0) is 7.05 Å². The molecule has 2 aromatic carbocycles. The molecule has 36 heavy (non-hydrogen) atoms. The van der Waals surface area contributed by atoms with Gasteiger partial charge in [0.25, 0.3) is 5.91 Å². The molecule has 0 spiro atoms. The number of rotatable bonds is 6. The molecule has 8 nitrogen and oxygen atoms in total. The van der Waals surface area contributed by atoms with Crippen molar-refractivity contribution in [2.75, 3.05) is 10.6 Å². The van der Waals surface area contributed by atoms with Crippen molar-refractivity contribution in [1.82, 2.24) is 25.0 Å². The van der Waals surface area contributed by atoms with Gasteiger partial charge < -0.3 is 10.6 Å². The molecule has 0 fully saturated rings. The molecule has 1 amide bonds. The average molecular weight is 484 g/mol. The van der Waals surface area contributed by atoms with Crippen LogP contribution in [-0.4, -0.2) is 30.9 Å². The smallest absolute Gasteiger partial charge is 0.274 e. The van der Waals surface area contributed by atoms with Crippen LogP contribution in [0.4, 0.5) is 21.5 Å². The number of carbonyl (C=O) groups excluding carboxylic acids is 1. The van der Waals surface area contributed by atoms with Gasteiger partial charge in [-0.15, -0.1) is 0 Å². The zero-order chi connectivity index (χ0) is 24.4. The summed E-state index contributed by atoms with van der Waals surface area (Å²) in [6.45, 7) is 1.79. The molecule has 0 unspecified atom stereocenters. The quantitative estimate of drug-likeness (QED) is 0.277. The number of amides is 1. The Balaban J connectivity index is 0.00000304. The highest BCUT2D eigenvalue weighted by atomic mass is 19.1. The molecule has 0 saturated heterocycles. The van der Waals surface area contributed by atoms with Gasteiger partial charge in [-0.1, -0.05) is 13.5 Å². The van der Waals surface area contributed by atoms with Crippen LogP contribution < -0.4 is 10.6 Å². The van der Waals surface area contributed by atoms with Gasteiger partial charge in [0.15, 0.2) is 0 Å². The van der Waals surface area contributed by atoms with Gasteiger partial charge in [0.2, 0.25) is 0 Å². The number of nitrogens with zero attached hydrogens (tertiary/aromatic N) is 4. The predicted molar refractivity (Wildman–Crippen MR) is 142 cm³/mol. The molecule has 3 N–H and O–H groups in total. The molecule has 0 aliphatic heterocycles. The number of hydrogen-bond acceptors (Lipinski definition) is 5. The van der Waals surface area contributed by atoms with Crippen LogP contribution in [0.25, 0.3) is 23.1 Å². The van der Waals surface area contributed by atoms with Crippen molar-refractivity contribution < 1.29 is 9.18 Å². The fourth-order valence-electron chi connectivity index (χ4n) is 3.76. The van der Waals surface area contributed by atoms with E-state index < -0.39 is 11.7 Å². The summed E-state index contributed by atoms with van der Waals surface area (Å²) in [5.74, 6) is -0.967. The van der Waals surface area contributed by atoms with Gasteiger partial charge in [-0.2, -0.15) is 10.2 Å². The third-order valence-corrected chi connectivity index (χ3v) is 5.43. The van der Waals surface area contributed by atoms with E-state index in [1.54, 1.807) is 38.4 Å². The summed E-state index contributed by atoms with van der Waals surface area (Å²) in [6.07, 6.45) is 5.56. The van der Waals surface area contributed by atoms with Crippen LogP contribution in [0.2, 0.25) is 0 Å². The minimum Gasteiger partial charge on any atom is -0.355 e. The van der Waals surface area contributed by atoms with E-state index in [2.05, 4.69) is 30.9 Å². The van der Waals surface area contributed by atoms with Gasteiger partial charge in [0.05, 0.1) is 28.3 Å². The van der Waals surface area contributed by atoms with E-state index >= 15 is 0 Å². The number of fused-ring (bicyclic) bond motifs is 1. The molecule has 182 valence electrons. The first-order valence-corrected chi connectivity index (χ1v) is 10.9. The highest BCUT2D eigenvalue weighted by Crippen LogP contribution is 2.27. The van der Waals surface area contributed by atoms with Crippen LogP contribution in [0.15, 0.2) is 66.9 Å². The zero-order valence-electron chi connectivity index (χ0n) is 19.1. The summed E-state index contributed by atoms with van der Waals surface area (Å²) < 4.78 is 15.9. The Morgan fingerprint density at radius 2 is 1.86 bits per heavy atom. The molecular weight excluding hydrogens is 457 g/mol. The van der Waals surface area contributed by atoms with Crippen LogP contribution in [0.5, 0.6) is 0 Å².